The number of hydrogen-bond donors (Lipinski definition) is 2. The predicted molar refractivity (Wildman–Crippen MR) is 122 cm³/mol. The van der Waals surface area contributed by atoms with Crippen LogP contribution in [0.5, 0.6) is 11.5 Å². The van der Waals surface area contributed by atoms with Crippen LogP contribution in [-0.2, 0) is 14.8 Å². The van der Waals surface area contributed by atoms with E-state index >= 15 is 0 Å². The molecule has 0 bridgehead atoms. The van der Waals surface area contributed by atoms with Gasteiger partial charge in [-0.3, -0.25) is 14.3 Å². The van der Waals surface area contributed by atoms with Gasteiger partial charge in [-0.25, -0.2) is 12.8 Å². The number of rotatable bonds is 7. The van der Waals surface area contributed by atoms with Gasteiger partial charge in [0.1, 0.15) is 5.82 Å². The Morgan fingerprint density at radius 1 is 0.971 bits per heavy atom. The second-order valence-corrected chi connectivity index (χ2v) is 9.10. The molecule has 1 heterocycles. The molecule has 0 aliphatic carbocycles. The summed E-state index contributed by atoms with van der Waals surface area (Å²) >= 11 is 0. The fraction of sp³-hybridized carbons (Fsp3) is 0.130. The molecule has 176 valence electrons. The third kappa shape index (κ3) is 5.26. The van der Waals surface area contributed by atoms with Crippen molar-refractivity contribution in [1.82, 2.24) is 4.90 Å². The number of hydrogen-bond acceptors (Lipinski definition) is 6. The molecule has 34 heavy (non-hydrogen) atoms. The molecule has 0 unspecified atom stereocenters. The van der Waals surface area contributed by atoms with Crippen LogP contribution in [0.15, 0.2) is 71.6 Å². The summed E-state index contributed by atoms with van der Waals surface area (Å²) in [6, 6.07) is 15.3. The summed E-state index contributed by atoms with van der Waals surface area (Å²) < 4.78 is 51.6. The third-order valence-corrected chi connectivity index (χ3v) is 6.25. The van der Waals surface area contributed by atoms with Crippen molar-refractivity contribution in [3.63, 3.8) is 0 Å². The molecule has 0 aromatic heterocycles. The van der Waals surface area contributed by atoms with Crippen molar-refractivity contribution in [2.24, 2.45) is 0 Å². The minimum Gasteiger partial charge on any atom is -0.454 e. The number of benzene rings is 3. The van der Waals surface area contributed by atoms with Gasteiger partial charge in [0.2, 0.25) is 12.7 Å². The Balaban J connectivity index is 1.43. The minimum absolute atomic E-state index is 0.0606. The van der Waals surface area contributed by atoms with E-state index in [1.807, 2.05) is 0 Å². The van der Waals surface area contributed by atoms with E-state index in [1.54, 1.807) is 6.07 Å². The lowest BCUT2D eigenvalue weighted by Crippen LogP contribution is -2.35. The molecule has 0 radical (unpaired) electrons. The molecule has 2 N–H and O–H groups in total. The standard InChI is InChI=1S/C23H20FN3O6S/c1-27(13-22(28)25-17-7-5-16(24)6-8-17)23(29)15-3-2-4-19(11-15)34(30,31)26-18-9-10-20-21(12-18)33-14-32-20/h2-12,26H,13-14H2,1H3,(H,25,28). The number of halogens is 1. The van der Waals surface area contributed by atoms with Crippen molar-refractivity contribution in [1.29, 1.82) is 0 Å². The van der Waals surface area contributed by atoms with Crippen molar-refractivity contribution in [2.75, 3.05) is 30.4 Å². The van der Waals surface area contributed by atoms with Crippen molar-refractivity contribution < 1.29 is 31.9 Å². The summed E-state index contributed by atoms with van der Waals surface area (Å²) in [5.41, 5.74) is 0.746. The van der Waals surface area contributed by atoms with Crippen LogP contribution in [0.4, 0.5) is 15.8 Å². The van der Waals surface area contributed by atoms with Gasteiger partial charge in [-0.2, -0.15) is 0 Å². The van der Waals surface area contributed by atoms with E-state index < -0.39 is 27.7 Å². The number of amides is 2. The molecule has 3 aromatic carbocycles. The summed E-state index contributed by atoms with van der Waals surface area (Å²) in [7, 11) is -2.59. The highest BCUT2D eigenvalue weighted by Gasteiger charge is 2.21. The Hall–Kier alpha value is -4.12. The van der Waals surface area contributed by atoms with Gasteiger partial charge < -0.3 is 19.7 Å². The lowest BCUT2D eigenvalue weighted by molar-refractivity contribution is -0.116. The number of ether oxygens (including phenoxy) is 2. The summed E-state index contributed by atoms with van der Waals surface area (Å²) in [5.74, 6) is -0.537. The van der Waals surface area contributed by atoms with Crippen molar-refractivity contribution >= 4 is 33.2 Å². The first-order chi connectivity index (χ1) is 16.2. The quantitative estimate of drug-likeness (QED) is 0.532. The maximum absolute atomic E-state index is 13.0. The number of fused-ring (bicyclic) bond motifs is 1. The maximum atomic E-state index is 13.0. The number of sulfonamides is 1. The SMILES string of the molecule is CN(CC(=O)Nc1ccc(F)cc1)C(=O)c1cccc(S(=O)(=O)Nc2ccc3c(c2)OCO3)c1. The molecule has 2 amide bonds. The Morgan fingerprint density at radius 2 is 1.68 bits per heavy atom. The molecule has 3 aromatic rings. The average molecular weight is 485 g/mol. The first-order valence-electron chi connectivity index (χ1n) is 10.0. The minimum atomic E-state index is -4.01. The molecule has 0 saturated heterocycles. The molecular weight excluding hydrogens is 465 g/mol. The lowest BCUT2D eigenvalue weighted by atomic mass is 10.2. The third-order valence-electron chi connectivity index (χ3n) is 4.87. The number of likely N-dealkylation sites (N-methyl/N-ethyl adjacent to an activating group) is 1. The van der Waals surface area contributed by atoms with Gasteiger partial charge in [-0.1, -0.05) is 6.07 Å². The number of carbonyl (C=O) groups excluding carboxylic acids is 2. The molecule has 1 aliphatic rings. The smallest absolute Gasteiger partial charge is 0.261 e. The zero-order valence-corrected chi connectivity index (χ0v) is 18.8. The second kappa shape index (κ2) is 9.40. The van der Waals surface area contributed by atoms with Crippen LogP contribution in [0, 0.1) is 5.82 Å². The summed E-state index contributed by atoms with van der Waals surface area (Å²) in [6.45, 7) is -0.228. The van der Waals surface area contributed by atoms with E-state index in [-0.39, 0.29) is 29.5 Å². The summed E-state index contributed by atoms with van der Waals surface area (Å²) in [4.78, 5) is 26.0. The van der Waals surface area contributed by atoms with E-state index in [9.17, 15) is 22.4 Å². The van der Waals surface area contributed by atoms with Crippen LogP contribution in [0.3, 0.4) is 0 Å². The Kier molecular flexibility index (Phi) is 6.37. The van der Waals surface area contributed by atoms with E-state index in [2.05, 4.69) is 10.0 Å². The van der Waals surface area contributed by atoms with E-state index in [0.717, 1.165) is 4.90 Å². The molecule has 9 nitrogen and oxygen atoms in total. The molecule has 0 atom stereocenters. The fourth-order valence-electron chi connectivity index (χ4n) is 3.21. The van der Waals surface area contributed by atoms with Crippen LogP contribution in [0.25, 0.3) is 0 Å². The zero-order valence-electron chi connectivity index (χ0n) is 17.9. The van der Waals surface area contributed by atoms with Gasteiger partial charge in [0.05, 0.1) is 17.1 Å². The van der Waals surface area contributed by atoms with Gasteiger partial charge in [0.25, 0.3) is 15.9 Å². The van der Waals surface area contributed by atoms with E-state index in [0.29, 0.717) is 17.2 Å². The number of anilines is 2. The van der Waals surface area contributed by atoms with Crippen LogP contribution in [-0.4, -0.2) is 45.5 Å². The van der Waals surface area contributed by atoms with Gasteiger partial charge in [-0.05, 0) is 54.6 Å². The number of carbonyl (C=O) groups is 2. The van der Waals surface area contributed by atoms with Crippen LogP contribution in [0.2, 0.25) is 0 Å². The van der Waals surface area contributed by atoms with E-state index in [4.69, 9.17) is 9.47 Å². The largest absolute Gasteiger partial charge is 0.454 e. The van der Waals surface area contributed by atoms with Crippen LogP contribution >= 0.6 is 0 Å². The fourth-order valence-corrected chi connectivity index (χ4v) is 4.31. The Bertz CT molecular complexity index is 1350. The van der Waals surface area contributed by atoms with Crippen molar-refractivity contribution in [3.05, 3.63) is 78.1 Å². The van der Waals surface area contributed by atoms with Crippen LogP contribution < -0.4 is 19.5 Å². The molecule has 0 fully saturated rings. The van der Waals surface area contributed by atoms with Gasteiger partial charge >= 0.3 is 0 Å². The molecular formula is C23H20FN3O6S. The summed E-state index contributed by atoms with van der Waals surface area (Å²) in [5, 5.41) is 2.56. The first-order valence-corrected chi connectivity index (χ1v) is 11.5. The molecule has 0 spiro atoms. The number of nitrogens with one attached hydrogen (secondary N) is 2. The average Bonchev–Trinajstić information content (AvgIpc) is 3.28. The van der Waals surface area contributed by atoms with Crippen LogP contribution in [0.1, 0.15) is 10.4 Å². The van der Waals surface area contributed by atoms with Crippen molar-refractivity contribution in [2.45, 2.75) is 4.90 Å². The molecule has 4 rings (SSSR count). The van der Waals surface area contributed by atoms with E-state index in [1.165, 1.54) is 67.7 Å². The second-order valence-electron chi connectivity index (χ2n) is 7.42. The first kappa shape index (κ1) is 23.1. The highest BCUT2D eigenvalue weighted by molar-refractivity contribution is 7.92. The van der Waals surface area contributed by atoms with Gasteiger partial charge in [-0.15, -0.1) is 0 Å². The zero-order chi connectivity index (χ0) is 24.3. The Morgan fingerprint density at radius 3 is 2.44 bits per heavy atom. The molecule has 0 saturated carbocycles. The molecule has 11 heteroatoms. The highest BCUT2D eigenvalue weighted by atomic mass is 32.2. The Labute approximate surface area is 195 Å². The highest BCUT2D eigenvalue weighted by Crippen LogP contribution is 2.34. The lowest BCUT2D eigenvalue weighted by Gasteiger charge is -2.17. The van der Waals surface area contributed by atoms with Crippen molar-refractivity contribution in [3.8, 4) is 11.5 Å². The topological polar surface area (TPSA) is 114 Å². The maximum Gasteiger partial charge on any atom is 0.261 e. The van der Waals surface area contributed by atoms with Gasteiger partial charge in [0.15, 0.2) is 11.5 Å². The predicted octanol–water partition coefficient (Wildman–Crippen LogP) is 3.07. The number of nitrogens with zero attached hydrogens (tertiary/aromatic N) is 1. The normalized spacial score (nSPS) is 12.2. The van der Waals surface area contributed by atoms with Gasteiger partial charge in [0, 0.05) is 24.4 Å². The summed E-state index contributed by atoms with van der Waals surface area (Å²) in [6.07, 6.45) is 0. The molecule has 1 aliphatic heterocycles. The monoisotopic (exact) mass is 485 g/mol.